The number of thiazole rings is 1. The minimum atomic E-state index is 0.815. The second-order valence-electron chi connectivity index (χ2n) is 4.26. The second-order valence-corrected chi connectivity index (χ2v) is 5.12. The summed E-state index contributed by atoms with van der Waals surface area (Å²) in [6.07, 6.45) is 1.92. The van der Waals surface area contributed by atoms with Crippen molar-refractivity contribution in [3.8, 4) is 17.0 Å². The molecule has 0 aliphatic rings. The van der Waals surface area contributed by atoms with E-state index in [1.807, 2.05) is 29.6 Å². The molecule has 1 aromatic carbocycles. The van der Waals surface area contributed by atoms with Crippen molar-refractivity contribution < 1.29 is 4.74 Å². The van der Waals surface area contributed by atoms with Gasteiger partial charge in [0.2, 0.25) is 5.13 Å². The van der Waals surface area contributed by atoms with Gasteiger partial charge in [0, 0.05) is 16.7 Å². The van der Waals surface area contributed by atoms with Gasteiger partial charge in [0.05, 0.1) is 12.8 Å². The molecule has 1 aromatic heterocycles. The van der Waals surface area contributed by atoms with Crippen molar-refractivity contribution >= 4 is 22.2 Å². The van der Waals surface area contributed by atoms with E-state index in [1.165, 1.54) is 0 Å². The molecule has 0 amide bonds. The standard InChI is InChI=1S/C15H19N3OS/c1-4-12(5-2)17-18-15-16-14(10-20-15)11-6-8-13(19-3)9-7-11/h6-10H,4-5H2,1-3H3,(H,16,18). The highest BCUT2D eigenvalue weighted by Gasteiger charge is 2.04. The van der Waals surface area contributed by atoms with E-state index in [1.54, 1.807) is 18.4 Å². The zero-order valence-corrected chi connectivity index (χ0v) is 12.8. The first-order chi connectivity index (χ1) is 9.76. The van der Waals surface area contributed by atoms with Crippen molar-refractivity contribution in [3.05, 3.63) is 29.6 Å². The fourth-order valence-electron chi connectivity index (χ4n) is 1.75. The maximum absolute atomic E-state index is 5.15. The smallest absolute Gasteiger partial charge is 0.203 e. The van der Waals surface area contributed by atoms with Gasteiger partial charge in [0.25, 0.3) is 0 Å². The molecule has 0 saturated heterocycles. The van der Waals surface area contributed by atoms with E-state index in [2.05, 4.69) is 29.4 Å². The van der Waals surface area contributed by atoms with Crippen LogP contribution in [0.25, 0.3) is 11.3 Å². The number of rotatable bonds is 6. The summed E-state index contributed by atoms with van der Waals surface area (Å²) < 4.78 is 5.15. The molecule has 20 heavy (non-hydrogen) atoms. The normalized spacial score (nSPS) is 10.2. The number of anilines is 1. The SMILES string of the molecule is CCC(CC)=NNc1nc(-c2ccc(OC)cc2)cs1. The van der Waals surface area contributed by atoms with E-state index in [4.69, 9.17) is 4.74 Å². The van der Waals surface area contributed by atoms with Crippen LogP contribution in [0.5, 0.6) is 5.75 Å². The van der Waals surface area contributed by atoms with E-state index in [9.17, 15) is 0 Å². The number of hydrazone groups is 1. The monoisotopic (exact) mass is 289 g/mol. The highest BCUT2D eigenvalue weighted by Crippen LogP contribution is 2.26. The molecule has 2 aromatic rings. The topological polar surface area (TPSA) is 46.5 Å². The van der Waals surface area contributed by atoms with Crippen LogP contribution in [0.3, 0.4) is 0 Å². The van der Waals surface area contributed by atoms with Gasteiger partial charge in [0.15, 0.2) is 0 Å². The Morgan fingerprint density at radius 1 is 1.25 bits per heavy atom. The molecule has 0 radical (unpaired) electrons. The summed E-state index contributed by atoms with van der Waals surface area (Å²) in [5, 5.41) is 7.20. The molecule has 1 heterocycles. The highest BCUT2D eigenvalue weighted by molar-refractivity contribution is 7.14. The van der Waals surface area contributed by atoms with Crippen LogP contribution < -0.4 is 10.2 Å². The van der Waals surface area contributed by atoms with E-state index in [0.29, 0.717) is 0 Å². The zero-order chi connectivity index (χ0) is 14.4. The molecule has 1 N–H and O–H groups in total. The Morgan fingerprint density at radius 3 is 2.55 bits per heavy atom. The van der Waals surface area contributed by atoms with E-state index < -0.39 is 0 Å². The largest absolute Gasteiger partial charge is 0.497 e. The number of benzene rings is 1. The molecule has 2 rings (SSSR count). The molecule has 0 atom stereocenters. The molecule has 106 valence electrons. The summed E-state index contributed by atoms with van der Waals surface area (Å²) in [4.78, 5) is 4.54. The van der Waals surface area contributed by atoms with Crippen LogP contribution in [0.2, 0.25) is 0 Å². The third-order valence-corrected chi connectivity index (χ3v) is 3.76. The van der Waals surface area contributed by atoms with Gasteiger partial charge in [-0.25, -0.2) is 4.98 Å². The quantitative estimate of drug-likeness (QED) is 0.633. The molecule has 0 spiro atoms. The molecule has 0 bridgehead atoms. The predicted molar refractivity (Wildman–Crippen MR) is 85.7 cm³/mol. The molecule has 0 saturated carbocycles. The van der Waals surface area contributed by atoms with Crippen LogP contribution in [-0.2, 0) is 0 Å². The maximum atomic E-state index is 5.15. The molecule has 0 aliphatic carbocycles. The Kier molecular flexibility index (Phi) is 5.12. The Hall–Kier alpha value is -1.88. The Bertz CT molecular complexity index is 569. The van der Waals surface area contributed by atoms with Gasteiger partial charge in [-0.05, 0) is 37.1 Å². The van der Waals surface area contributed by atoms with Crippen molar-refractivity contribution in [1.29, 1.82) is 0 Å². The van der Waals surface area contributed by atoms with Crippen molar-refractivity contribution in [1.82, 2.24) is 4.98 Å². The van der Waals surface area contributed by atoms with Gasteiger partial charge in [0.1, 0.15) is 5.75 Å². The van der Waals surface area contributed by atoms with Crippen LogP contribution >= 0.6 is 11.3 Å². The Morgan fingerprint density at radius 2 is 1.95 bits per heavy atom. The van der Waals surface area contributed by atoms with Crippen molar-refractivity contribution in [2.75, 3.05) is 12.5 Å². The number of ether oxygens (including phenoxy) is 1. The lowest BCUT2D eigenvalue weighted by atomic mass is 10.2. The van der Waals surface area contributed by atoms with E-state index >= 15 is 0 Å². The first-order valence-electron chi connectivity index (χ1n) is 6.68. The molecule has 0 unspecified atom stereocenters. The second kappa shape index (κ2) is 7.05. The lowest BCUT2D eigenvalue weighted by molar-refractivity contribution is 0.415. The fourth-order valence-corrected chi connectivity index (χ4v) is 2.42. The van der Waals surface area contributed by atoms with Crippen LogP contribution in [0.4, 0.5) is 5.13 Å². The van der Waals surface area contributed by atoms with Gasteiger partial charge < -0.3 is 4.74 Å². The summed E-state index contributed by atoms with van der Waals surface area (Å²) in [5.41, 5.74) is 6.20. The lowest BCUT2D eigenvalue weighted by Gasteiger charge is -2.01. The third-order valence-electron chi connectivity index (χ3n) is 3.02. The third kappa shape index (κ3) is 3.57. The molecule has 4 nitrogen and oxygen atoms in total. The molecule has 0 fully saturated rings. The van der Waals surface area contributed by atoms with Gasteiger partial charge in [-0.3, -0.25) is 5.43 Å². The average Bonchev–Trinajstić information content (AvgIpc) is 2.97. The molecule has 0 aliphatic heterocycles. The first kappa shape index (κ1) is 14.5. The number of hydrogen-bond acceptors (Lipinski definition) is 5. The van der Waals surface area contributed by atoms with Crippen LogP contribution in [0.1, 0.15) is 26.7 Å². The summed E-state index contributed by atoms with van der Waals surface area (Å²) in [5.74, 6) is 0.850. The van der Waals surface area contributed by atoms with Gasteiger partial charge in [-0.1, -0.05) is 13.8 Å². The van der Waals surface area contributed by atoms with Crippen molar-refractivity contribution in [2.24, 2.45) is 5.10 Å². The molecular weight excluding hydrogens is 270 g/mol. The fraction of sp³-hybridized carbons (Fsp3) is 0.333. The van der Waals surface area contributed by atoms with E-state index in [-0.39, 0.29) is 0 Å². The summed E-state index contributed by atoms with van der Waals surface area (Å²) >= 11 is 1.56. The average molecular weight is 289 g/mol. The molecular formula is C15H19N3OS. The zero-order valence-electron chi connectivity index (χ0n) is 12.0. The first-order valence-corrected chi connectivity index (χ1v) is 7.56. The Balaban J connectivity index is 2.10. The van der Waals surface area contributed by atoms with Crippen LogP contribution in [-0.4, -0.2) is 17.8 Å². The minimum absolute atomic E-state index is 0.815. The van der Waals surface area contributed by atoms with Gasteiger partial charge >= 0.3 is 0 Å². The number of methoxy groups -OCH3 is 1. The summed E-state index contributed by atoms with van der Waals surface area (Å²) in [6, 6.07) is 7.88. The van der Waals surface area contributed by atoms with Gasteiger partial charge in [-0.2, -0.15) is 5.10 Å². The maximum Gasteiger partial charge on any atom is 0.203 e. The van der Waals surface area contributed by atoms with Crippen molar-refractivity contribution in [2.45, 2.75) is 26.7 Å². The molecule has 5 heteroatoms. The summed E-state index contributed by atoms with van der Waals surface area (Å²) in [6.45, 7) is 4.21. The summed E-state index contributed by atoms with van der Waals surface area (Å²) in [7, 11) is 1.66. The van der Waals surface area contributed by atoms with Gasteiger partial charge in [-0.15, -0.1) is 11.3 Å². The van der Waals surface area contributed by atoms with Crippen LogP contribution in [0, 0.1) is 0 Å². The number of hydrogen-bond donors (Lipinski definition) is 1. The van der Waals surface area contributed by atoms with Crippen molar-refractivity contribution in [3.63, 3.8) is 0 Å². The van der Waals surface area contributed by atoms with Crippen LogP contribution in [0.15, 0.2) is 34.7 Å². The number of aromatic nitrogens is 1. The lowest BCUT2D eigenvalue weighted by Crippen LogP contribution is -1.98. The number of nitrogens with one attached hydrogen (secondary N) is 1. The highest BCUT2D eigenvalue weighted by atomic mass is 32.1. The predicted octanol–water partition coefficient (Wildman–Crippen LogP) is 4.41. The number of nitrogens with zero attached hydrogens (tertiary/aromatic N) is 2. The Labute approximate surface area is 123 Å². The minimum Gasteiger partial charge on any atom is -0.497 e. The van der Waals surface area contributed by atoms with E-state index in [0.717, 1.165) is 40.7 Å².